The molecule has 1 rings (SSSR count). The van der Waals surface area contributed by atoms with E-state index in [1.807, 2.05) is 11.4 Å². The summed E-state index contributed by atoms with van der Waals surface area (Å²) in [5.74, 6) is 0. The molecule has 0 aliphatic rings. The number of hydrogen-bond donors (Lipinski definition) is 1. The first-order chi connectivity index (χ1) is 8.63. The summed E-state index contributed by atoms with van der Waals surface area (Å²) in [6.07, 6.45) is 1.10. The van der Waals surface area contributed by atoms with Gasteiger partial charge in [0.15, 0.2) is 0 Å². The SMILES string of the molecule is CCC(C)N(CCOC)C(CN)c1cc(Cl)cs1. The lowest BCUT2D eigenvalue weighted by Crippen LogP contribution is -2.41. The zero-order chi connectivity index (χ0) is 13.5. The van der Waals surface area contributed by atoms with Crippen molar-refractivity contribution in [2.24, 2.45) is 5.73 Å². The van der Waals surface area contributed by atoms with Gasteiger partial charge in [0.2, 0.25) is 0 Å². The first-order valence-corrected chi connectivity index (χ1v) is 7.58. The standard InChI is InChI=1S/C13H23ClN2OS/c1-4-10(2)16(5-6-17-3)12(8-15)13-7-11(14)9-18-13/h7,9-10,12H,4-6,8,15H2,1-3H3. The summed E-state index contributed by atoms with van der Waals surface area (Å²) in [7, 11) is 1.73. The Morgan fingerprint density at radius 1 is 1.56 bits per heavy atom. The van der Waals surface area contributed by atoms with Crippen LogP contribution in [0.15, 0.2) is 11.4 Å². The molecule has 0 amide bonds. The summed E-state index contributed by atoms with van der Waals surface area (Å²) in [4.78, 5) is 3.64. The van der Waals surface area contributed by atoms with Crippen LogP contribution in [-0.4, -0.2) is 37.7 Å². The summed E-state index contributed by atoms with van der Waals surface area (Å²) in [6, 6.07) is 2.73. The molecule has 0 aromatic carbocycles. The fourth-order valence-corrected chi connectivity index (χ4v) is 3.25. The molecule has 18 heavy (non-hydrogen) atoms. The first-order valence-electron chi connectivity index (χ1n) is 6.32. The van der Waals surface area contributed by atoms with Crippen molar-refractivity contribution in [2.45, 2.75) is 32.4 Å². The predicted molar refractivity (Wildman–Crippen MR) is 79.5 cm³/mol. The van der Waals surface area contributed by atoms with Gasteiger partial charge in [-0.1, -0.05) is 18.5 Å². The van der Waals surface area contributed by atoms with E-state index in [9.17, 15) is 0 Å². The van der Waals surface area contributed by atoms with E-state index in [1.54, 1.807) is 18.4 Å². The Morgan fingerprint density at radius 3 is 2.72 bits per heavy atom. The molecular weight excluding hydrogens is 268 g/mol. The van der Waals surface area contributed by atoms with Gasteiger partial charge in [-0.05, 0) is 19.4 Å². The fraction of sp³-hybridized carbons (Fsp3) is 0.692. The lowest BCUT2D eigenvalue weighted by atomic mass is 10.1. The van der Waals surface area contributed by atoms with Crippen LogP contribution in [0, 0.1) is 0 Å². The van der Waals surface area contributed by atoms with Crippen molar-refractivity contribution in [1.29, 1.82) is 0 Å². The Hall–Kier alpha value is -0.130. The third-order valence-electron chi connectivity index (χ3n) is 3.25. The van der Waals surface area contributed by atoms with Crippen molar-refractivity contribution < 1.29 is 4.74 Å². The topological polar surface area (TPSA) is 38.5 Å². The van der Waals surface area contributed by atoms with Crippen LogP contribution >= 0.6 is 22.9 Å². The first kappa shape index (κ1) is 15.9. The van der Waals surface area contributed by atoms with Gasteiger partial charge in [-0.15, -0.1) is 11.3 Å². The molecule has 2 unspecified atom stereocenters. The Kier molecular flexibility index (Phi) is 7.19. The minimum absolute atomic E-state index is 0.229. The van der Waals surface area contributed by atoms with Gasteiger partial charge in [-0.25, -0.2) is 0 Å². The molecule has 1 aromatic heterocycles. The van der Waals surface area contributed by atoms with Crippen LogP contribution < -0.4 is 5.73 Å². The lowest BCUT2D eigenvalue weighted by Gasteiger charge is -2.35. The molecule has 1 heterocycles. The smallest absolute Gasteiger partial charge is 0.0590 e. The Labute approximate surface area is 119 Å². The molecule has 0 bridgehead atoms. The molecule has 0 radical (unpaired) electrons. The van der Waals surface area contributed by atoms with Gasteiger partial charge < -0.3 is 10.5 Å². The zero-order valence-electron chi connectivity index (χ0n) is 11.4. The molecular formula is C13H23ClN2OS. The number of halogens is 1. The molecule has 104 valence electrons. The van der Waals surface area contributed by atoms with Crippen molar-refractivity contribution in [1.82, 2.24) is 4.90 Å². The van der Waals surface area contributed by atoms with E-state index in [2.05, 4.69) is 18.7 Å². The molecule has 0 saturated carbocycles. The Morgan fingerprint density at radius 2 is 2.28 bits per heavy atom. The summed E-state index contributed by atoms with van der Waals surface area (Å²) >= 11 is 7.69. The predicted octanol–water partition coefficient (Wildman–Crippen LogP) is 3.15. The van der Waals surface area contributed by atoms with E-state index in [4.69, 9.17) is 22.1 Å². The molecule has 1 aromatic rings. The zero-order valence-corrected chi connectivity index (χ0v) is 12.9. The van der Waals surface area contributed by atoms with Crippen LogP contribution in [0.4, 0.5) is 0 Å². The highest BCUT2D eigenvalue weighted by Gasteiger charge is 2.24. The van der Waals surface area contributed by atoms with E-state index in [0.717, 1.165) is 24.6 Å². The largest absolute Gasteiger partial charge is 0.383 e. The van der Waals surface area contributed by atoms with E-state index < -0.39 is 0 Å². The monoisotopic (exact) mass is 290 g/mol. The van der Waals surface area contributed by atoms with Crippen molar-refractivity contribution in [3.05, 3.63) is 21.3 Å². The average Bonchev–Trinajstić information content (AvgIpc) is 2.80. The average molecular weight is 291 g/mol. The summed E-state index contributed by atoms with van der Waals surface area (Å²) in [5.41, 5.74) is 5.96. The van der Waals surface area contributed by atoms with Crippen molar-refractivity contribution in [2.75, 3.05) is 26.8 Å². The van der Waals surface area contributed by atoms with E-state index >= 15 is 0 Å². The third-order valence-corrected chi connectivity index (χ3v) is 4.63. The molecule has 3 nitrogen and oxygen atoms in total. The van der Waals surface area contributed by atoms with Gasteiger partial charge in [0.25, 0.3) is 0 Å². The van der Waals surface area contributed by atoms with E-state index in [1.165, 1.54) is 4.88 Å². The van der Waals surface area contributed by atoms with Crippen molar-refractivity contribution >= 4 is 22.9 Å². The number of methoxy groups -OCH3 is 1. The number of nitrogens with two attached hydrogens (primary N) is 1. The number of thiophene rings is 1. The van der Waals surface area contributed by atoms with Crippen LogP contribution in [-0.2, 0) is 4.74 Å². The normalized spacial score (nSPS) is 15.0. The second kappa shape index (κ2) is 8.12. The minimum Gasteiger partial charge on any atom is -0.383 e. The highest BCUT2D eigenvalue weighted by molar-refractivity contribution is 7.10. The highest BCUT2D eigenvalue weighted by atomic mass is 35.5. The number of ether oxygens (including phenoxy) is 1. The molecule has 2 atom stereocenters. The highest BCUT2D eigenvalue weighted by Crippen LogP contribution is 2.30. The molecule has 0 saturated heterocycles. The molecule has 2 N–H and O–H groups in total. The maximum atomic E-state index is 6.01. The van der Waals surface area contributed by atoms with Crippen LogP contribution in [0.5, 0.6) is 0 Å². The van der Waals surface area contributed by atoms with Gasteiger partial charge in [-0.2, -0.15) is 0 Å². The van der Waals surface area contributed by atoms with Crippen molar-refractivity contribution in [3.63, 3.8) is 0 Å². The number of hydrogen-bond acceptors (Lipinski definition) is 4. The molecule has 0 fully saturated rings. The molecule has 0 aliphatic heterocycles. The Bertz CT molecular complexity index is 345. The second-order valence-corrected chi connectivity index (χ2v) is 5.79. The van der Waals surface area contributed by atoms with Crippen molar-refractivity contribution in [3.8, 4) is 0 Å². The van der Waals surface area contributed by atoms with E-state index in [0.29, 0.717) is 12.6 Å². The van der Waals surface area contributed by atoms with Crippen LogP contribution in [0.1, 0.15) is 31.2 Å². The second-order valence-electron chi connectivity index (χ2n) is 4.41. The molecule has 0 spiro atoms. The number of nitrogens with zero attached hydrogens (tertiary/aromatic N) is 1. The molecule has 5 heteroatoms. The third kappa shape index (κ3) is 4.21. The van der Waals surface area contributed by atoms with Crippen LogP contribution in [0.25, 0.3) is 0 Å². The van der Waals surface area contributed by atoms with Crippen LogP contribution in [0.2, 0.25) is 5.02 Å². The number of rotatable bonds is 8. The maximum absolute atomic E-state index is 6.01. The lowest BCUT2D eigenvalue weighted by molar-refractivity contribution is 0.0915. The van der Waals surface area contributed by atoms with E-state index in [-0.39, 0.29) is 6.04 Å². The quantitative estimate of drug-likeness (QED) is 0.799. The fourth-order valence-electron chi connectivity index (χ4n) is 2.03. The van der Waals surface area contributed by atoms with Crippen LogP contribution in [0.3, 0.4) is 0 Å². The summed E-state index contributed by atoms with van der Waals surface area (Å²) in [6.45, 7) is 6.64. The van der Waals surface area contributed by atoms with Gasteiger partial charge in [0, 0.05) is 36.5 Å². The maximum Gasteiger partial charge on any atom is 0.0590 e. The molecule has 0 aliphatic carbocycles. The van der Waals surface area contributed by atoms with Gasteiger partial charge >= 0.3 is 0 Å². The van der Waals surface area contributed by atoms with Gasteiger partial charge in [0.05, 0.1) is 17.7 Å². The summed E-state index contributed by atoms with van der Waals surface area (Å²) in [5, 5.41) is 2.76. The Balaban J connectivity index is 2.85. The van der Waals surface area contributed by atoms with Gasteiger partial charge in [0.1, 0.15) is 0 Å². The minimum atomic E-state index is 0.229. The van der Waals surface area contributed by atoms with Gasteiger partial charge in [-0.3, -0.25) is 4.90 Å². The summed E-state index contributed by atoms with van der Waals surface area (Å²) < 4.78 is 5.20.